The number of hydrogen-bond acceptors (Lipinski definition) is 3. The summed E-state index contributed by atoms with van der Waals surface area (Å²) in [6.07, 6.45) is 2.92. The molecule has 1 saturated heterocycles. The van der Waals surface area contributed by atoms with Gasteiger partial charge in [0.05, 0.1) is 6.61 Å². The van der Waals surface area contributed by atoms with Crippen molar-refractivity contribution in [3.8, 4) is 0 Å². The standard InChI is InChI=1S/C9H19NO2S/c1-8(13(2)11)5-10-6-9-3-4-12-7-9/h8-10H,3-7H2,1-2H3. The minimum Gasteiger partial charge on any atom is -0.381 e. The van der Waals surface area contributed by atoms with Crippen LogP contribution < -0.4 is 5.32 Å². The van der Waals surface area contributed by atoms with Crippen molar-refractivity contribution >= 4 is 10.8 Å². The molecule has 13 heavy (non-hydrogen) atoms. The lowest BCUT2D eigenvalue weighted by Crippen LogP contribution is -2.31. The lowest BCUT2D eigenvalue weighted by molar-refractivity contribution is 0.185. The predicted octanol–water partition coefficient (Wildman–Crippen LogP) is 0.379. The molecule has 1 rings (SSSR count). The van der Waals surface area contributed by atoms with E-state index >= 15 is 0 Å². The highest BCUT2D eigenvalue weighted by molar-refractivity contribution is 7.84. The molecule has 0 aromatic rings. The first-order valence-corrected chi connectivity index (χ1v) is 6.43. The normalized spacial score (nSPS) is 27.4. The summed E-state index contributed by atoms with van der Waals surface area (Å²) >= 11 is 0. The Hall–Kier alpha value is 0.0700. The molecule has 3 unspecified atom stereocenters. The first kappa shape index (κ1) is 11.1. The van der Waals surface area contributed by atoms with Gasteiger partial charge in [0.1, 0.15) is 0 Å². The van der Waals surface area contributed by atoms with Crippen LogP contribution >= 0.6 is 0 Å². The molecule has 1 N–H and O–H groups in total. The van der Waals surface area contributed by atoms with Gasteiger partial charge in [-0.05, 0) is 19.3 Å². The van der Waals surface area contributed by atoms with Crippen molar-refractivity contribution < 1.29 is 8.95 Å². The maximum Gasteiger partial charge on any atom is 0.0507 e. The number of rotatable bonds is 5. The van der Waals surface area contributed by atoms with Gasteiger partial charge in [0.25, 0.3) is 0 Å². The molecule has 0 aliphatic carbocycles. The molecule has 4 heteroatoms. The van der Waals surface area contributed by atoms with E-state index in [-0.39, 0.29) is 5.25 Å². The Kier molecular flexibility index (Phi) is 4.91. The minimum absolute atomic E-state index is 0.252. The van der Waals surface area contributed by atoms with Crippen LogP contribution in [0.1, 0.15) is 13.3 Å². The molecule has 0 saturated carbocycles. The Morgan fingerprint density at radius 1 is 1.69 bits per heavy atom. The summed E-state index contributed by atoms with van der Waals surface area (Å²) < 4.78 is 16.3. The minimum atomic E-state index is -0.707. The molecule has 1 aliphatic heterocycles. The highest BCUT2D eigenvalue weighted by Crippen LogP contribution is 2.10. The summed E-state index contributed by atoms with van der Waals surface area (Å²) in [7, 11) is -0.707. The van der Waals surface area contributed by atoms with Crippen molar-refractivity contribution in [1.29, 1.82) is 0 Å². The maximum absolute atomic E-state index is 11.0. The summed E-state index contributed by atoms with van der Waals surface area (Å²) in [5.41, 5.74) is 0. The van der Waals surface area contributed by atoms with Crippen LogP contribution in [0.3, 0.4) is 0 Å². The lowest BCUT2D eigenvalue weighted by atomic mass is 10.1. The quantitative estimate of drug-likeness (QED) is 0.705. The summed E-state index contributed by atoms with van der Waals surface area (Å²) in [5.74, 6) is 0.664. The third kappa shape index (κ3) is 4.20. The molecule has 0 bridgehead atoms. The summed E-state index contributed by atoms with van der Waals surface area (Å²) in [4.78, 5) is 0. The molecule has 1 heterocycles. The predicted molar refractivity (Wildman–Crippen MR) is 55.3 cm³/mol. The van der Waals surface area contributed by atoms with Crippen LogP contribution in [0.4, 0.5) is 0 Å². The Morgan fingerprint density at radius 3 is 3.00 bits per heavy atom. The number of ether oxygens (including phenoxy) is 1. The molecular weight excluding hydrogens is 186 g/mol. The number of hydrogen-bond donors (Lipinski definition) is 1. The molecule has 3 nitrogen and oxygen atoms in total. The van der Waals surface area contributed by atoms with Gasteiger partial charge in [-0.25, -0.2) is 0 Å². The third-order valence-electron chi connectivity index (χ3n) is 2.46. The van der Waals surface area contributed by atoms with E-state index in [1.54, 1.807) is 6.26 Å². The Bertz CT molecular complexity index is 169. The van der Waals surface area contributed by atoms with E-state index in [1.165, 1.54) is 0 Å². The van der Waals surface area contributed by atoms with Crippen LogP contribution in [0.25, 0.3) is 0 Å². The van der Waals surface area contributed by atoms with Crippen LogP contribution in [0.2, 0.25) is 0 Å². The van der Waals surface area contributed by atoms with Crippen molar-refractivity contribution in [2.45, 2.75) is 18.6 Å². The molecule has 1 aliphatic rings. The van der Waals surface area contributed by atoms with Gasteiger partial charge in [0.2, 0.25) is 0 Å². The molecule has 0 spiro atoms. The van der Waals surface area contributed by atoms with Crippen molar-refractivity contribution in [2.24, 2.45) is 5.92 Å². The second-order valence-corrected chi connectivity index (χ2v) is 5.50. The van der Waals surface area contributed by atoms with E-state index in [0.717, 1.165) is 32.7 Å². The van der Waals surface area contributed by atoms with E-state index in [0.29, 0.717) is 5.92 Å². The average molecular weight is 205 g/mol. The van der Waals surface area contributed by atoms with Crippen LogP contribution in [-0.2, 0) is 15.5 Å². The van der Waals surface area contributed by atoms with E-state index in [4.69, 9.17) is 4.74 Å². The van der Waals surface area contributed by atoms with Gasteiger partial charge in [0, 0.05) is 42.0 Å². The zero-order chi connectivity index (χ0) is 9.68. The van der Waals surface area contributed by atoms with E-state index in [1.807, 2.05) is 6.92 Å². The molecule has 3 atom stereocenters. The van der Waals surface area contributed by atoms with Crippen LogP contribution in [0, 0.1) is 5.92 Å². The van der Waals surface area contributed by atoms with Gasteiger partial charge in [-0.3, -0.25) is 4.21 Å². The monoisotopic (exact) mass is 205 g/mol. The van der Waals surface area contributed by atoms with E-state index in [2.05, 4.69) is 5.32 Å². The molecule has 0 amide bonds. The SMILES string of the molecule is CC(CNCC1CCOC1)S(C)=O. The van der Waals surface area contributed by atoms with Crippen molar-refractivity contribution in [3.63, 3.8) is 0 Å². The smallest absolute Gasteiger partial charge is 0.0507 e. The summed E-state index contributed by atoms with van der Waals surface area (Å²) in [5, 5.41) is 3.59. The maximum atomic E-state index is 11.0. The van der Waals surface area contributed by atoms with Crippen LogP contribution in [0.5, 0.6) is 0 Å². The molecular formula is C9H19NO2S. The second kappa shape index (κ2) is 5.73. The molecule has 0 aromatic carbocycles. The van der Waals surface area contributed by atoms with Crippen molar-refractivity contribution in [3.05, 3.63) is 0 Å². The second-order valence-electron chi connectivity index (χ2n) is 3.70. The van der Waals surface area contributed by atoms with Gasteiger partial charge < -0.3 is 10.1 Å². The highest BCUT2D eigenvalue weighted by Gasteiger charge is 2.15. The fraction of sp³-hybridized carbons (Fsp3) is 1.00. The van der Waals surface area contributed by atoms with E-state index < -0.39 is 10.8 Å². The van der Waals surface area contributed by atoms with Gasteiger partial charge in [0.15, 0.2) is 0 Å². The van der Waals surface area contributed by atoms with Gasteiger partial charge in [-0.2, -0.15) is 0 Å². The fourth-order valence-corrected chi connectivity index (χ4v) is 1.70. The average Bonchev–Trinajstić information content (AvgIpc) is 2.56. The van der Waals surface area contributed by atoms with Crippen LogP contribution in [0.15, 0.2) is 0 Å². The van der Waals surface area contributed by atoms with Gasteiger partial charge in [-0.1, -0.05) is 0 Å². The van der Waals surface area contributed by atoms with E-state index in [9.17, 15) is 4.21 Å². The molecule has 78 valence electrons. The summed E-state index contributed by atoms with van der Waals surface area (Å²) in [6, 6.07) is 0. The lowest BCUT2D eigenvalue weighted by Gasteiger charge is -2.12. The Morgan fingerprint density at radius 2 is 2.46 bits per heavy atom. The molecule has 0 aromatic heterocycles. The topological polar surface area (TPSA) is 38.3 Å². The zero-order valence-corrected chi connectivity index (χ0v) is 9.23. The van der Waals surface area contributed by atoms with Crippen molar-refractivity contribution in [2.75, 3.05) is 32.6 Å². The first-order valence-electron chi connectivity index (χ1n) is 4.81. The third-order valence-corrected chi connectivity index (χ3v) is 3.76. The first-order chi connectivity index (χ1) is 6.20. The van der Waals surface area contributed by atoms with Gasteiger partial charge in [-0.15, -0.1) is 0 Å². The fourth-order valence-electron chi connectivity index (χ4n) is 1.35. The Balaban J connectivity index is 2.02. The molecule has 1 fully saturated rings. The zero-order valence-electron chi connectivity index (χ0n) is 8.41. The largest absolute Gasteiger partial charge is 0.381 e. The summed E-state index contributed by atoms with van der Waals surface area (Å²) in [6.45, 7) is 5.65. The number of nitrogens with one attached hydrogen (secondary N) is 1. The highest BCUT2D eigenvalue weighted by atomic mass is 32.2. The van der Waals surface area contributed by atoms with Crippen molar-refractivity contribution in [1.82, 2.24) is 5.32 Å². The molecule has 0 radical (unpaired) electrons. The van der Waals surface area contributed by atoms with Crippen LogP contribution in [-0.4, -0.2) is 42.0 Å². The Labute approximate surface area is 82.7 Å². The van der Waals surface area contributed by atoms with Gasteiger partial charge >= 0.3 is 0 Å².